The van der Waals surface area contributed by atoms with E-state index in [9.17, 15) is 0 Å². The van der Waals surface area contributed by atoms with Crippen molar-refractivity contribution in [2.45, 2.75) is 33.2 Å². The standard InChI is InChI=1S/C12H16N2/c1-8-6-9(2)12(10(3)7-8)11(14)4-5-13/h6-7,11H,4,14H2,1-3H3/t11-/m0/s1. The van der Waals surface area contributed by atoms with Gasteiger partial charge >= 0.3 is 0 Å². The Morgan fingerprint density at radius 2 is 1.79 bits per heavy atom. The van der Waals surface area contributed by atoms with Gasteiger partial charge in [0.05, 0.1) is 12.5 Å². The van der Waals surface area contributed by atoms with Gasteiger partial charge in [0.15, 0.2) is 0 Å². The van der Waals surface area contributed by atoms with Crippen LogP contribution >= 0.6 is 0 Å². The highest BCUT2D eigenvalue weighted by atomic mass is 14.6. The number of hydrogen-bond acceptors (Lipinski definition) is 2. The Balaban J connectivity index is 3.15. The van der Waals surface area contributed by atoms with Crippen molar-refractivity contribution in [1.82, 2.24) is 0 Å². The van der Waals surface area contributed by atoms with E-state index in [1.54, 1.807) is 0 Å². The molecule has 2 nitrogen and oxygen atoms in total. The van der Waals surface area contributed by atoms with Crippen LogP contribution in [0.2, 0.25) is 0 Å². The fourth-order valence-electron chi connectivity index (χ4n) is 1.98. The maximum Gasteiger partial charge on any atom is 0.0641 e. The van der Waals surface area contributed by atoms with E-state index >= 15 is 0 Å². The zero-order valence-corrected chi connectivity index (χ0v) is 8.96. The molecule has 1 atom stereocenters. The van der Waals surface area contributed by atoms with Gasteiger partial charge in [-0.15, -0.1) is 0 Å². The molecule has 0 aromatic heterocycles. The summed E-state index contributed by atoms with van der Waals surface area (Å²) in [4.78, 5) is 0. The van der Waals surface area contributed by atoms with E-state index in [1.807, 2.05) is 13.8 Å². The first-order valence-corrected chi connectivity index (χ1v) is 4.76. The van der Waals surface area contributed by atoms with Crippen LogP contribution in [-0.4, -0.2) is 0 Å². The zero-order valence-electron chi connectivity index (χ0n) is 8.96. The summed E-state index contributed by atoms with van der Waals surface area (Å²) in [5.74, 6) is 0. The maximum absolute atomic E-state index is 8.60. The number of rotatable bonds is 2. The zero-order chi connectivity index (χ0) is 10.7. The van der Waals surface area contributed by atoms with Crippen molar-refractivity contribution >= 4 is 0 Å². The fraction of sp³-hybridized carbons (Fsp3) is 0.417. The second-order valence-corrected chi connectivity index (χ2v) is 3.78. The van der Waals surface area contributed by atoms with Crippen LogP contribution in [-0.2, 0) is 0 Å². The first-order valence-electron chi connectivity index (χ1n) is 4.76. The van der Waals surface area contributed by atoms with E-state index < -0.39 is 0 Å². The summed E-state index contributed by atoms with van der Waals surface area (Å²) in [5.41, 5.74) is 10.7. The number of nitrogens with two attached hydrogens (primary N) is 1. The topological polar surface area (TPSA) is 49.8 Å². The Labute approximate surface area is 85.4 Å². The van der Waals surface area contributed by atoms with Crippen LogP contribution < -0.4 is 5.73 Å². The lowest BCUT2D eigenvalue weighted by Gasteiger charge is -2.15. The molecule has 0 bridgehead atoms. The molecule has 1 aromatic rings. The predicted octanol–water partition coefficient (Wildman–Crippen LogP) is 2.53. The predicted molar refractivity (Wildman–Crippen MR) is 57.8 cm³/mol. The highest BCUT2D eigenvalue weighted by molar-refractivity contribution is 5.39. The fourth-order valence-corrected chi connectivity index (χ4v) is 1.98. The van der Waals surface area contributed by atoms with Crippen molar-refractivity contribution < 1.29 is 0 Å². The van der Waals surface area contributed by atoms with E-state index in [0.717, 1.165) is 5.56 Å². The Bertz CT molecular complexity index is 351. The molecule has 0 heterocycles. The molecule has 0 radical (unpaired) electrons. The van der Waals surface area contributed by atoms with Crippen molar-refractivity contribution in [2.24, 2.45) is 5.73 Å². The molecule has 1 rings (SSSR count). The second-order valence-electron chi connectivity index (χ2n) is 3.78. The quantitative estimate of drug-likeness (QED) is 0.775. The number of nitrogens with zero attached hydrogens (tertiary/aromatic N) is 1. The van der Waals surface area contributed by atoms with E-state index in [0.29, 0.717) is 6.42 Å². The molecule has 14 heavy (non-hydrogen) atoms. The highest BCUT2D eigenvalue weighted by Crippen LogP contribution is 2.23. The Morgan fingerprint density at radius 1 is 1.29 bits per heavy atom. The first-order chi connectivity index (χ1) is 6.56. The molecular weight excluding hydrogens is 172 g/mol. The summed E-state index contributed by atoms with van der Waals surface area (Å²) < 4.78 is 0. The van der Waals surface area contributed by atoms with E-state index in [2.05, 4.69) is 25.1 Å². The molecule has 0 fully saturated rings. The number of hydrogen-bond donors (Lipinski definition) is 1. The van der Waals surface area contributed by atoms with Crippen LogP contribution in [0.5, 0.6) is 0 Å². The van der Waals surface area contributed by atoms with Crippen molar-refractivity contribution in [3.05, 3.63) is 34.4 Å². The van der Waals surface area contributed by atoms with Gasteiger partial charge in [-0.3, -0.25) is 0 Å². The third-order valence-corrected chi connectivity index (χ3v) is 2.42. The average molecular weight is 188 g/mol. The molecule has 0 saturated heterocycles. The third kappa shape index (κ3) is 2.12. The largest absolute Gasteiger partial charge is 0.323 e. The van der Waals surface area contributed by atoms with Gasteiger partial charge in [0.2, 0.25) is 0 Å². The summed E-state index contributed by atoms with van der Waals surface area (Å²) in [6.45, 7) is 6.17. The lowest BCUT2D eigenvalue weighted by molar-refractivity contribution is 0.736. The smallest absolute Gasteiger partial charge is 0.0641 e. The highest BCUT2D eigenvalue weighted by Gasteiger charge is 2.11. The van der Waals surface area contributed by atoms with E-state index in [1.165, 1.54) is 16.7 Å². The summed E-state index contributed by atoms with van der Waals surface area (Å²) in [7, 11) is 0. The molecule has 0 aliphatic heterocycles. The molecule has 1 aromatic carbocycles. The number of aryl methyl sites for hydroxylation is 3. The minimum atomic E-state index is -0.152. The minimum Gasteiger partial charge on any atom is -0.323 e. The monoisotopic (exact) mass is 188 g/mol. The van der Waals surface area contributed by atoms with E-state index in [-0.39, 0.29) is 6.04 Å². The van der Waals surface area contributed by atoms with Gasteiger partial charge in [-0.05, 0) is 37.5 Å². The third-order valence-electron chi connectivity index (χ3n) is 2.42. The van der Waals surface area contributed by atoms with Crippen LogP contribution in [0.3, 0.4) is 0 Å². The SMILES string of the molecule is Cc1cc(C)c([C@@H](N)CC#N)c(C)c1. The molecule has 0 unspecified atom stereocenters. The number of benzene rings is 1. The van der Waals surface area contributed by atoms with Crippen molar-refractivity contribution in [3.63, 3.8) is 0 Å². The van der Waals surface area contributed by atoms with Crippen LogP contribution in [0.25, 0.3) is 0 Å². The normalized spacial score (nSPS) is 12.2. The van der Waals surface area contributed by atoms with Crippen molar-refractivity contribution in [2.75, 3.05) is 0 Å². The Kier molecular flexibility index (Phi) is 3.27. The van der Waals surface area contributed by atoms with Gasteiger partial charge in [-0.1, -0.05) is 17.7 Å². The van der Waals surface area contributed by atoms with Crippen LogP contribution in [0.4, 0.5) is 0 Å². The molecule has 0 aliphatic rings. The Hall–Kier alpha value is -1.33. The van der Waals surface area contributed by atoms with Crippen molar-refractivity contribution in [1.29, 1.82) is 5.26 Å². The molecule has 0 amide bonds. The molecule has 2 N–H and O–H groups in total. The van der Waals surface area contributed by atoms with Gasteiger partial charge in [0.1, 0.15) is 0 Å². The number of nitriles is 1. The summed E-state index contributed by atoms with van der Waals surface area (Å²) in [6.07, 6.45) is 0.380. The van der Waals surface area contributed by atoms with Crippen LogP contribution in [0.15, 0.2) is 12.1 Å². The summed E-state index contributed by atoms with van der Waals surface area (Å²) in [6, 6.07) is 6.18. The van der Waals surface area contributed by atoms with Gasteiger partial charge in [-0.2, -0.15) is 5.26 Å². The van der Waals surface area contributed by atoms with Crippen molar-refractivity contribution in [3.8, 4) is 6.07 Å². The van der Waals surface area contributed by atoms with Crippen LogP contribution in [0.1, 0.15) is 34.7 Å². The molecule has 2 heteroatoms. The molecule has 0 saturated carbocycles. The molecular formula is C12H16N2. The second kappa shape index (κ2) is 4.26. The van der Waals surface area contributed by atoms with Gasteiger partial charge in [0, 0.05) is 6.04 Å². The van der Waals surface area contributed by atoms with Gasteiger partial charge in [0.25, 0.3) is 0 Å². The minimum absolute atomic E-state index is 0.152. The lowest BCUT2D eigenvalue weighted by Crippen LogP contribution is -2.12. The average Bonchev–Trinajstić information content (AvgIpc) is 2.01. The Morgan fingerprint density at radius 3 is 2.21 bits per heavy atom. The summed E-state index contributed by atoms with van der Waals surface area (Å²) >= 11 is 0. The molecule has 74 valence electrons. The first kappa shape index (κ1) is 10.7. The molecule has 0 aliphatic carbocycles. The van der Waals surface area contributed by atoms with Crippen LogP contribution in [0, 0.1) is 32.1 Å². The van der Waals surface area contributed by atoms with E-state index in [4.69, 9.17) is 11.0 Å². The summed E-state index contributed by atoms with van der Waals surface area (Å²) in [5, 5.41) is 8.60. The molecule has 0 spiro atoms. The van der Waals surface area contributed by atoms with Gasteiger partial charge in [-0.25, -0.2) is 0 Å². The lowest BCUT2D eigenvalue weighted by atomic mass is 9.93. The van der Waals surface area contributed by atoms with Gasteiger partial charge < -0.3 is 5.73 Å². The maximum atomic E-state index is 8.60.